The third-order valence-electron chi connectivity index (χ3n) is 1.24. The Balaban J connectivity index is 0. The Bertz CT molecular complexity index is 57.9. The SMILES string of the molecule is C=CCCCCC.CCCO. The molecule has 0 aromatic carbocycles. The molecule has 0 atom stereocenters. The predicted molar refractivity (Wildman–Crippen MR) is 51.7 cm³/mol. The highest BCUT2D eigenvalue weighted by Crippen LogP contribution is 1.97. The molecular formula is C10H22O. The maximum absolute atomic E-state index is 7.88. The maximum Gasteiger partial charge on any atom is 0.0428 e. The topological polar surface area (TPSA) is 20.2 Å². The summed E-state index contributed by atoms with van der Waals surface area (Å²) in [4.78, 5) is 0. The second kappa shape index (κ2) is 16.4. The van der Waals surface area contributed by atoms with Crippen molar-refractivity contribution in [1.82, 2.24) is 0 Å². The van der Waals surface area contributed by atoms with Crippen LogP contribution in [0.15, 0.2) is 12.7 Å². The monoisotopic (exact) mass is 158 g/mol. The maximum atomic E-state index is 7.88. The molecule has 1 heteroatoms. The van der Waals surface area contributed by atoms with Crippen LogP contribution in [0.4, 0.5) is 0 Å². The molecule has 1 N–H and O–H groups in total. The van der Waals surface area contributed by atoms with Crippen LogP contribution in [0.2, 0.25) is 0 Å². The van der Waals surface area contributed by atoms with Crippen molar-refractivity contribution in [1.29, 1.82) is 0 Å². The molecule has 0 amide bonds. The van der Waals surface area contributed by atoms with Crippen molar-refractivity contribution in [2.24, 2.45) is 0 Å². The van der Waals surface area contributed by atoms with E-state index in [1.54, 1.807) is 0 Å². The first-order valence-electron chi connectivity index (χ1n) is 4.55. The molecule has 0 saturated heterocycles. The smallest absolute Gasteiger partial charge is 0.0428 e. The van der Waals surface area contributed by atoms with Gasteiger partial charge in [-0.3, -0.25) is 0 Å². The Morgan fingerprint density at radius 3 is 2.00 bits per heavy atom. The molecule has 0 bridgehead atoms. The summed E-state index contributed by atoms with van der Waals surface area (Å²) >= 11 is 0. The van der Waals surface area contributed by atoms with Crippen molar-refractivity contribution >= 4 is 0 Å². The molecule has 0 aliphatic carbocycles. The highest BCUT2D eigenvalue weighted by molar-refractivity contribution is 4.64. The largest absolute Gasteiger partial charge is 0.396 e. The molecule has 0 heterocycles. The first kappa shape index (κ1) is 13.3. The molecule has 0 aromatic rings. The quantitative estimate of drug-likeness (QED) is 0.481. The Hall–Kier alpha value is -0.300. The number of aliphatic hydroxyl groups is 1. The molecule has 68 valence electrons. The van der Waals surface area contributed by atoms with Gasteiger partial charge in [-0.05, 0) is 19.3 Å². The number of aliphatic hydroxyl groups excluding tert-OH is 1. The highest BCUT2D eigenvalue weighted by Gasteiger charge is 1.77. The van der Waals surface area contributed by atoms with Crippen LogP contribution >= 0.6 is 0 Å². The van der Waals surface area contributed by atoms with E-state index in [2.05, 4.69) is 13.5 Å². The van der Waals surface area contributed by atoms with Crippen LogP contribution in [0, 0.1) is 0 Å². The van der Waals surface area contributed by atoms with Gasteiger partial charge in [-0.1, -0.05) is 32.8 Å². The number of allylic oxidation sites excluding steroid dienone is 1. The average molecular weight is 158 g/mol. The van der Waals surface area contributed by atoms with E-state index in [0.717, 1.165) is 6.42 Å². The fourth-order valence-electron chi connectivity index (χ4n) is 0.539. The van der Waals surface area contributed by atoms with Crippen molar-refractivity contribution in [3.8, 4) is 0 Å². The van der Waals surface area contributed by atoms with Crippen LogP contribution in [0.1, 0.15) is 46.0 Å². The van der Waals surface area contributed by atoms with E-state index in [9.17, 15) is 0 Å². The molecule has 0 radical (unpaired) electrons. The summed E-state index contributed by atoms with van der Waals surface area (Å²) in [7, 11) is 0. The third kappa shape index (κ3) is 26.0. The molecule has 0 aromatic heterocycles. The molecule has 0 unspecified atom stereocenters. The van der Waals surface area contributed by atoms with Gasteiger partial charge in [0.15, 0.2) is 0 Å². The van der Waals surface area contributed by atoms with Gasteiger partial charge in [0.1, 0.15) is 0 Å². The lowest BCUT2D eigenvalue weighted by atomic mass is 10.2. The summed E-state index contributed by atoms with van der Waals surface area (Å²) in [6.45, 7) is 8.09. The predicted octanol–water partition coefficient (Wildman–Crippen LogP) is 3.14. The Morgan fingerprint density at radius 1 is 1.18 bits per heavy atom. The molecule has 0 spiro atoms. The second-order valence-corrected chi connectivity index (χ2v) is 2.51. The van der Waals surface area contributed by atoms with E-state index in [1.807, 2.05) is 13.0 Å². The van der Waals surface area contributed by atoms with Crippen LogP contribution in [0.25, 0.3) is 0 Å². The Morgan fingerprint density at radius 2 is 1.73 bits per heavy atom. The average Bonchev–Trinajstić information content (AvgIpc) is 2.06. The van der Waals surface area contributed by atoms with Gasteiger partial charge in [-0.25, -0.2) is 0 Å². The van der Waals surface area contributed by atoms with Crippen LogP contribution in [0.3, 0.4) is 0 Å². The minimum Gasteiger partial charge on any atom is -0.396 e. The van der Waals surface area contributed by atoms with Gasteiger partial charge in [0.25, 0.3) is 0 Å². The summed E-state index contributed by atoms with van der Waals surface area (Å²) in [5.41, 5.74) is 0. The molecule has 0 aliphatic rings. The fourth-order valence-corrected chi connectivity index (χ4v) is 0.539. The molecule has 1 nitrogen and oxygen atoms in total. The van der Waals surface area contributed by atoms with Crippen LogP contribution in [-0.4, -0.2) is 11.7 Å². The number of unbranched alkanes of at least 4 members (excludes halogenated alkanes) is 3. The lowest BCUT2D eigenvalue weighted by molar-refractivity contribution is 0.295. The molecule has 11 heavy (non-hydrogen) atoms. The molecule has 0 saturated carbocycles. The summed E-state index contributed by atoms with van der Waals surface area (Å²) in [6.07, 6.45) is 8.03. The Labute approximate surface area is 71.1 Å². The number of rotatable bonds is 5. The zero-order valence-corrected chi connectivity index (χ0v) is 7.97. The number of hydrogen-bond donors (Lipinski definition) is 1. The van der Waals surface area contributed by atoms with Crippen LogP contribution in [-0.2, 0) is 0 Å². The lowest BCUT2D eigenvalue weighted by Gasteiger charge is -1.87. The summed E-state index contributed by atoms with van der Waals surface area (Å²) < 4.78 is 0. The van der Waals surface area contributed by atoms with Crippen molar-refractivity contribution in [3.63, 3.8) is 0 Å². The summed E-state index contributed by atoms with van der Waals surface area (Å²) in [5, 5.41) is 7.88. The van der Waals surface area contributed by atoms with Crippen LogP contribution in [0.5, 0.6) is 0 Å². The van der Waals surface area contributed by atoms with Gasteiger partial charge in [-0.15, -0.1) is 6.58 Å². The first-order valence-corrected chi connectivity index (χ1v) is 4.55. The fraction of sp³-hybridized carbons (Fsp3) is 0.800. The molecule has 0 aliphatic heterocycles. The van der Waals surface area contributed by atoms with Crippen LogP contribution < -0.4 is 0 Å². The molecular weight excluding hydrogens is 136 g/mol. The van der Waals surface area contributed by atoms with E-state index < -0.39 is 0 Å². The zero-order valence-electron chi connectivity index (χ0n) is 7.97. The molecule has 0 fully saturated rings. The minimum atomic E-state index is 0.319. The van der Waals surface area contributed by atoms with Crippen molar-refractivity contribution in [2.75, 3.05) is 6.61 Å². The van der Waals surface area contributed by atoms with Gasteiger partial charge in [0, 0.05) is 6.61 Å². The van der Waals surface area contributed by atoms with Gasteiger partial charge >= 0.3 is 0 Å². The van der Waals surface area contributed by atoms with Crippen molar-refractivity contribution < 1.29 is 5.11 Å². The summed E-state index contributed by atoms with van der Waals surface area (Å²) in [5.74, 6) is 0. The van der Waals surface area contributed by atoms with E-state index in [0.29, 0.717) is 6.61 Å². The minimum absolute atomic E-state index is 0.319. The highest BCUT2D eigenvalue weighted by atomic mass is 16.2. The lowest BCUT2D eigenvalue weighted by Crippen LogP contribution is -1.69. The summed E-state index contributed by atoms with van der Waals surface area (Å²) in [6, 6.07) is 0. The van der Waals surface area contributed by atoms with Gasteiger partial charge in [0.2, 0.25) is 0 Å². The molecule has 0 rings (SSSR count). The number of hydrogen-bond acceptors (Lipinski definition) is 1. The third-order valence-corrected chi connectivity index (χ3v) is 1.24. The van der Waals surface area contributed by atoms with Gasteiger partial charge in [0.05, 0.1) is 0 Å². The van der Waals surface area contributed by atoms with E-state index in [1.165, 1.54) is 25.7 Å². The van der Waals surface area contributed by atoms with Crippen molar-refractivity contribution in [2.45, 2.75) is 46.0 Å². The van der Waals surface area contributed by atoms with Gasteiger partial charge in [-0.2, -0.15) is 0 Å². The van der Waals surface area contributed by atoms with Crippen molar-refractivity contribution in [3.05, 3.63) is 12.7 Å². The van der Waals surface area contributed by atoms with E-state index in [4.69, 9.17) is 5.11 Å². The zero-order chi connectivity index (χ0) is 8.95. The second-order valence-electron chi connectivity index (χ2n) is 2.51. The normalized spacial score (nSPS) is 8.27. The first-order chi connectivity index (χ1) is 5.33. The van der Waals surface area contributed by atoms with E-state index in [-0.39, 0.29) is 0 Å². The standard InChI is InChI=1S/C7H14.C3H8O/c1-3-5-7-6-4-2;1-2-3-4/h3H,1,4-7H2,2H3;4H,2-3H2,1H3. The van der Waals surface area contributed by atoms with Gasteiger partial charge < -0.3 is 5.11 Å². The Kier molecular flexibility index (Phi) is 19.8. The van der Waals surface area contributed by atoms with E-state index >= 15 is 0 Å².